The van der Waals surface area contributed by atoms with Crippen molar-refractivity contribution in [2.24, 2.45) is 0 Å². The van der Waals surface area contributed by atoms with Crippen LogP contribution < -0.4 is 29.9 Å². The van der Waals surface area contributed by atoms with Crippen LogP contribution in [0.5, 0.6) is 11.5 Å². The first-order valence-corrected chi connectivity index (χ1v) is 14.6. The van der Waals surface area contributed by atoms with Gasteiger partial charge in [0.2, 0.25) is 6.29 Å². The van der Waals surface area contributed by atoms with Crippen molar-refractivity contribution in [2.75, 3.05) is 76.1 Å². The Morgan fingerprint density at radius 1 is 0.681 bits per heavy atom. The van der Waals surface area contributed by atoms with Gasteiger partial charge < -0.3 is 39.4 Å². The van der Waals surface area contributed by atoms with Gasteiger partial charge in [-0.1, -0.05) is 14.9 Å². The summed E-state index contributed by atoms with van der Waals surface area (Å²) in [6.07, 6.45) is 3.69. The molecule has 0 amide bonds. The Morgan fingerprint density at radius 3 is 1.49 bits per heavy atom. The van der Waals surface area contributed by atoms with Gasteiger partial charge in [0.1, 0.15) is 17.2 Å². The lowest BCUT2D eigenvalue weighted by Gasteiger charge is -2.18. The van der Waals surface area contributed by atoms with E-state index in [2.05, 4.69) is 26.7 Å². The first-order chi connectivity index (χ1) is 21.7. The van der Waals surface area contributed by atoms with E-state index in [1.165, 1.54) is 0 Å². The molecule has 0 radical (unpaired) electrons. The number of nitrogens with one attached hydrogen (secondary N) is 2. The Hall–Kier alpha value is -4.87. The molecule has 0 aliphatic carbocycles. The Morgan fingerprint density at radius 2 is 1.15 bits per heavy atom. The largest absolute Gasteiger partial charge is 0.497 e. The summed E-state index contributed by atoms with van der Waals surface area (Å²) in [6.45, 7) is 5.02. The molecule has 2 aromatic heterocycles. The van der Waals surface area contributed by atoms with Gasteiger partial charge in [-0.2, -0.15) is 0 Å². The standard InChI is InChI=1S/C19H27N3O3.C15H17N3O2.2CH4/c1-6-24-19(25-7-2)18-9-8-14(13-20-18)21-15-10-16(22(3)4)12-17(11-15)23-5;1-18(2)14-6-13(7-15(8-14)20-3)17-11-4-5-12(10-19)16-9-11;;/h8-13,19,21H,6-7H2,1-5H3;4-10,17H,1-3H3;2*1H4. The lowest BCUT2D eigenvalue weighted by Crippen LogP contribution is -2.10. The van der Waals surface area contributed by atoms with Gasteiger partial charge in [0.15, 0.2) is 6.29 Å². The molecule has 0 saturated carbocycles. The summed E-state index contributed by atoms with van der Waals surface area (Å²) in [5.41, 5.74) is 6.78. The first-order valence-electron chi connectivity index (χ1n) is 14.6. The van der Waals surface area contributed by atoms with E-state index in [0.717, 1.165) is 57.6 Å². The summed E-state index contributed by atoms with van der Waals surface area (Å²) in [4.78, 5) is 23.1. The van der Waals surface area contributed by atoms with E-state index < -0.39 is 6.29 Å². The molecule has 11 heteroatoms. The number of hydrogen-bond donors (Lipinski definition) is 2. The minimum absolute atomic E-state index is 0. The molecule has 11 nitrogen and oxygen atoms in total. The van der Waals surface area contributed by atoms with Crippen molar-refractivity contribution >= 4 is 40.4 Å². The van der Waals surface area contributed by atoms with E-state index in [4.69, 9.17) is 18.9 Å². The quantitative estimate of drug-likeness (QED) is 0.103. The maximum absolute atomic E-state index is 10.6. The number of pyridine rings is 2. The van der Waals surface area contributed by atoms with Crippen molar-refractivity contribution < 1.29 is 23.7 Å². The third-order valence-corrected chi connectivity index (χ3v) is 6.44. The molecule has 4 aromatic rings. The molecule has 0 aliphatic heterocycles. The third-order valence-electron chi connectivity index (χ3n) is 6.44. The number of carbonyl (C=O) groups is 1. The highest BCUT2D eigenvalue weighted by atomic mass is 16.7. The number of rotatable bonds is 14. The van der Waals surface area contributed by atoms with Gasteiger partial charge in [0.05, 0.1) is 43.7 Å². The van der Waals surface area contributed by atoms with E-state index >= 15 is 0 Å². The topological polar surface area (TPSA) is 110 Å². The van der Waals surface area contributed by atoms with E-state index in [1.807, 2.05) is 100 Å². The fourth-order valence-electron chi connectivity index (χ4n) is 4.09. The highest BCUT2D eigenvalue weighted by Crippen LogP contribution is 2.29. The summed E-state index contributed by atoms with van der Waals surface area (Å²) in [5, 5.41) is 6.59. The third kappa shape index (κ3) is 12.4. The van der Waals surface area contributed by atoms with Crippen LogP contribution in [0, 0.1) is 0 Å². The van der Waals surface area contributed by atoms with Crippen molar-refractivity contribution in [3.8, 4) is 11.5 Å². The van der Waals surface area contributed by atoms with Crippen LogP contribution in [-0.4, -0.2) is 71.9 Å². The Labute approximate surface area is 280 Å². The van der Waals surface area contributed by atoms with Crippen molar-refractivity contribution in [2.45, 2.75) is 35.0 Å². The van der Waals surface area contributed by atoms with E-state index in [1.54, 1.807) is 32.7 Å². The molecule has 0 unspecified atom stereocenters. The van der Waals surface area contributed by atoms with Crippen LogP contribution in [0.4, 0.5) is 34.1 Å². The van der Waals surface area contributed by atoms with Crippen LogP contribution in [0.2, 0.25) is 0 Å². The molecule has 0 bridgehead atoms. The number of hydrogen-bond acceptors (Lipinski definition) is 11. The average Bonchev–Trinajstić information content (AvgIpc) is 3.05. The lowest BCUT2D eigenvalue weighted by atomic mass is 10.2. The smallest absolute Gasteiger partial charge is 0.201 e. The number of methoxy groups -OCH3 is 2. The van der Waals surface area contributed by atoms with Crippen LogP contribution in [0.1, 0.15) is 51.2 Å². The zero-order chi connectivity index (χ0) is 32.8. The highest BCUT2D eigenvalue weighted by molar-refractivity contribution is 5.73. The maximum Gasteiger partial charge on any atom is 0.201 e. The predicted molar refractivity (Wildman–Crippen MR) is 195 cm³/mol. The van der Waals surface area contributed by atoms with Crippen molar-refractivity contribution in [1.29, 1.82) is 0 Å². The van der Waals surface area contributed by atoms with Gasteiger partial charge >= 0.3 is 0 Å². The summed E-state index contributed by atoms with van der Waals surface area (Å²) in [6, 6.07) is 19.2. The molecule has 4 rings (SSSR count). The van der Waals surface area contributed by atoms with Crippen molar-refractivity contribution in [3.05, 3.63) is 84.4 Å². The van der Waals surface area contributed by atoms with E-state index in [-0.39, 0.29) is 14.9 Å². The number of anilines is 6. The van der Waals surface area contributed by atoms with Gasteiger partial charge in [0, 0.05) is 88.4 Å². The molecule has 2 heterocycles. The minimum Gasteiger partial charge on any atom is -0.497 e. The average molecular weight is 649 g/mol. The molecule has 0 atom stereocenters. The fourth-order valence-corrected chi connectivity index (χ4v) is 4.09. The number of benzene rings is 2. The van der Waals surface area contributed by atoms with Crippen LogP contribution in [-0.2, 0) is 9.47 Å². The van der Waals surface area contributed by atoms with Crippen molar-refractivity contribution in [1.82, 2.24) is 9.97 Å². The van der Waals surface area contributed by atoms with Crippen LogP contribution in [0.15, 0.2) is 73.1 Å². The molecule has 2 aromatic carbocycles. The molecule has 2 N–H and O–H groups in total. The Kier molecular flexibility index (Phi) is 17.3. The second-order valence-electron chi connectivity index (χ2n) is 10.2. The number of aldehydes is 1. The van der Waals surface area contributed by atoms with Gasteiger partial charge in [-0.15, -0.1) is 0 Å². The summed E-state index contributed by atoms with van der Waals surface area (Å²) in [7, 11) is 11.2. The summed E-state index contributed by atoms with van der Waals surface area (Å²) < 4.78 is 21.8. The van der Waals surface area contributed by atoms with Crippen LogP contribution in [0.25, 0.3) is 0 Å². The molecular weight excluding hydrogens is 596 g/mol. The summed E-state index contributed by atoms with van der Waals surface area (Å²) in [5.74, 6) is 1.57. The molecule has 0 spiro atoms. The zero-order valence-electron chi connectivity index (χ0n) is 27.3. The number of aromatic nitrogens is 2. The fraction of sp³-hybridized carbons (Fsp3) is 0.361. The van der Waals surface area contributed by atoms with E-state index in [9.17, 15) is 4.79 Å². The number of nitrogens with zero attached hydrogens (tertiary/aromatic N) is 4. The van der Waals surface area contributed by atoms with Crippen LogP contribution >= 0.6 is 0 Å². The van der Waals surface area contributed by atoms with Crippen molar-refractivity contribution in [3.63, 3.8) is 0 Å². The van der Waals surface area contributed by atoms with Gasteiger partial charge in [-0.05, 0) is 50.2 Å². The zero-order valence-corrected chi connectivity index (χ0v) is 27.3. The first kappa shape index (κ1) is 40.2. The second kappa shape index (κ2) is 20.3. The van der Waals surface area contributed by atoms with Crippen LogP contribution in [0.3, 0.4) is 0 Å². The molecular formula is C36H52N6O5. The predicted octanol–water partition coefficient (Wildman–Crippen LogP) is 7.96. The number of ether oxygens (including phenoxy) is 4. The normalized spacial score (nSPS) is 9.98. The second-order valence-corrected chi connectivity index (χ2v) is 10.2. The highest BCUT2D eigenvalue weighted by Gasteiger charge is 2.13. The monoisotopic (exact) mass is 648 g/mol. The molecule has 256 valence electrons. The van der Waals surface area contributed by atoms with E-state index in [0.29, 0.717) is 18.9 Å². The van der Waals surface area contributed by atoms with Gasteiger partial charge in [0.25, 0.3) is 0 Å². The molecule has 0 aliphatic rings. The number of carbonyl (C=O) groups excluding carboxylic acids is 1. The SMILES string of the molecule is C.C.CCOC(OCC)c1ccc(Nc2cc(OC)cc(N(C)C)c2)cn1.COc1cc(Nc2ccc(C=O)nc2)cc(N(C)C)c1. The lowest BCUT2D eigenvalue weighted by molar-refractivity contribution is -0.142. The Bertz CT molecular complexity index is 1470. The maximum atomic E-state index is 10.6. The molecule has 0 fully saturated rings. The summed E-state index contributed by atoms with van der Waals surface area (Å²) >= 11 is 0. The van der Waals surface area contributed by atoms with Gasteiger partial charge in [-0.25, -0.2) is 0 Å². The molecule has 47 heavy (non-hydrogen) atoms. The van der Waals surface area contributed by atoms with Gasteiger partial charge in [-0.3, -0.25) is 14.8 Å². The Balaban J connectivity index is 0.000000461. The minimum atomic E-state index is -0.429. The molecule has 0 saturated heterocycles.